The van der Waals surface area contributed by atoms with Gasteiger partial charge in [-0.05, 0) is 57.8 Å². The minimum Gasteiger partial charge on any atom is -0.481 e. The van der Waals surface area contributed by atoms with Crippen LogP contribution in [0.5, 0.6) is 0 Å². The van der Waals surface area contributed by atoms with E-state index < -0.39 is 5.97 Å². The van der Waals surface area contributed by atoms with Crippen molar-refractivity contribution < 1.29 is 14.4 Å². The number of carboxylic acids is 1. The van der Waals surface area contributed by atoms with Gasteiger partial charge in [-0.15, -0.1) is 0 Å². The topological polar surface area (TPSA) is 37.3 Å². The second-order valence-electron chi connectivity index (χ2n) is 12.2. The molecule has 0 saturated carbocycles. The lowest BCUT2D eigenvalue weighted by Crippen LogP contribution is -2.50. The van der Waals surface area contributed by atoms with Gasteiger partial charge in [-0.3, -0.25) is 4.79 Å². The van der Waals surface area contributed by atoms with Gasteiger partial charge in [0.05, 0.1) is 26.2 Å². The summed E-state index contributed by atoms with van der Waals surface area (Å²) in [7, 11) is 0. The van der Waals surface area contributed by atoms with Gasteiger partial charge in [-0.2, -0.15) is 0 Å². The van der Waals surface area contributed by atoms with Gasteiger partial charge in [0, 0.05) is 6.42 Å². The van der Waals surface area contributed by atoms with Crippen molar-refractivity contribution >= 4 is 5.97 Å². The molecule has 0 heterocycles. The fourth-order valence-electron chi connectivity index (χ4n) is 5.96. The summed E-state index contributed by atoms with van der Waals surface area (Å²) in [5, 5.41) is 8.68. The lowest BCUT2D eigenvalue weighted by Gasteiger charge is -2.39. The van der Waals surface area contributed by atoms with E-state index >= 15 is 0 Å². The van der Waals surface area contributed by atoms with E-state index in [-0.39, 0.29) is 0 Å². The zero-order valence-corrected chi connectivity index (χ0v) is 26.0. The molecule has 222 valence electrons. The van der Waals surface area contributed by atoms with Gasteiger partial charge in [0.15, 0.2) is 0 Å². The Kier molecular flexibility index (Phi) is 28.0. The predicted octanol–water partition coefficient (Wildman–Crippen LogP) is 11.1. The second kappa shape index (κ2) is 28.4. The fourth-order valence-corrected chi connectivity index (χ4v) is 5.96. The van der Waals surface area contributed by atoms with Crippen LogP contribution in [0.2, 0.25) is 0 Å². The van der Waals surface area contributed by atoms with Crippen LogP contribution in [0.25, 0.3) is 0 Å². The zero-order valence-electron chi connectivity index (χ0n) is 26.0. The number of quaternary nitrogens is 1. The number of aliphatic carboxylic acids is 1. The van der Waals surface area contributed by atoms with Crippen molar-refractivity contribution in [3.63, 3.8) is 0 Å². The number of carbonyl (C=O) groups is 1. The van der Waals surface area contributed by atoms with Crippen molar-refractivity contribution in [3.8, 4) is 0 Å². The summed E-state index contributed by atoms with van der Waals surface area (Å²) in [6, 6.07) is 0. The molecule has 0 spiro atoms. The number of unbranched alkanes of at least 4 members (excludes halogenated alkanes) is 21. The third-order valence-corrected chi connectivity index (χ3v) is 8.48. The molecule has 0 unspecified atom stereocenters. The van der Waals surface area contributed by atoms with E-state index in [4.69, 9.17) is 5.11 Å². The van der Waals surface area contributed by atoms with E-state index in [0.717, 1.165) is 12.8 Å². The zero-order chi connectivity index (χ0) is 27.3. The van der Waals surface area contributed by atoms with Crippen molar-refractivity contribution in [1.82, 2.24) is 0 Å². The van der Waals surface area contributed by atoms with Crippen molar-refractivity contribution in [2.75, 3.05) is 26.2 Å². The summed E-state index contributed by atoms with van der Waals surface area (Å²) >= 11 is 0. The third-order valence-electron chi connectivity index (χ3n) is 8.48. The SMILES string of the molecule is CCCCCC[N+](CCCCCC)(CCCCCC)CCCCCCCCCCCCCCCC(=O)O. The molecule has 3 heteroatoms. The smallest absolute Gasteiger partial charge is 0.303 e. The molecule has 0 aliphatic heterocycles. The van der Waals surface area contributed by atoms with Gasteiger partial charge >= 0.3 is 5.97 Å². The normalized spacial score (nSPS) is 11.9. The molecule has 0 radical (unpaired) electrons. The Balaban J connectivity index is 4.16. The highest BCUT2D eigenvalue weighted by Gasteiger charge is 2.25. The molecular formula is C34H70NO2+. The van der Waals surface area contributed by atoms with E-state index in [1.54, 1.807) is 0 Å². The lowest BCUT2D eigenvalue weighted by atomic mass is 10.0. The van der Waals surface area contributed by atoms with E-state index in [1.165, 1.54) is 178 Å². The minimum absolute atomic E-state index is 0.344. The summed E-state index contributed by atoms with van der Waals surface area (Å²) in [6.45, 7) is 12.8. The lowest BCUT2D eigenvalue weighted by molar-refractivity contribution is -0.929. The summed E-state index contributed by atoms with van der Waals surface area (Å²) in [5.74, 6) is -0.648. The summed E-state index contributed by atoms with van der Waals surface area (Å²) in [6.07, 6.45) is 34.4. The van der Waals surface area contributed by atoms with Crippen molar-refractivity contribution in [2.45, 2.75) is 188 Å². The number of nitrogens with zero attached hydrogens (tertiary/aromatic N) is 1. The van der Waals surface area contributed by atoms with Crippen LogP contribution in [-0.4, -0.2) is 41.7 Å². The quantitative estimate of drug-likeness (QED) is 0.0723. The molecule has 3 nitrogen and oxygen atoms in total. The highest BCUT2D eigenvalue weighted by Crippen LogP contribution is 2.20. The first-order chi connectivity index (χ1) is 18.1. The molecule has 0 fully saturated rings. The average molecular weight is 525 g/mol. The van der Waals surface area contributed by atoms with E-state index in [1.807, 2.05) is 0 Å². The van der Waals surface area contributed by atoms with Gasteiger partial charge in [0.2, 0.25) is 0 Å². The first-order valence-electron chi connectivity index (χ1n) is 17.2. The molecule has 0 aromatic rings. The summed E-state index contributed by atoms with van der Waals surface area (Å²) in [5.41, 5.74) is 0. The maximum absolute atomic E-state index is 10.5. The van der Waals surface area contributed by atoms with Gasteiger partial charge in [-0.1, -0.05) is 124 Å². The second-order valence-corrected chi connectivity index (χ2v) is 12.2. The van der Waals surface area contributed by atoms with Crippen LogP contribution < -0.4 is 0 Å². The number of carboxylic acid groups (broad SMARTS) is 1. The predicted molar refractivity (Wildman–Crippen MR) is 164 cm³/mol. The molecule has 0 bridgehead atoms. The highest BCUT2D eigenvalue weighted by molar-refractivity contribution is 5.66. The van der Waals surface area contributed by atoms with Crippen LogP contribution in [0.4, 0.5) is 0 Å². The molecular weight excluding hydrogens is 454 g/mol. The Morgan fingerprint density at radius 1 is 0.405 bits per heavy atom. The maximum Gasteiger partial charge on any atom is 0.303 e. The maximum atomic E-state index is 10.5. The van der Waals surface area contributed by atoms with Crippen LogP contribution >= 0.6 is 0 Å². The monoisotopic (exact) mass is 525 g/mol. The number of hydrogen-bond acceptors (Lipinski definition) is 1. The standard InChI is InChI=1S/C34H69NO2/c1-4-7-10-25-30-35(31-26-11-8-5-2,32-27-12-9-6-3)33-28-23-21-19-17-15-13-14-16-18-20-22-24-29-34(36)37/h4-33H2,1-3H3/p+1. The number of hydrogen-bond donors (Lipinski definition) is 1. The van der Waals surface area contributed by atoms with Gasteiger partial charge in [0.25, 0.3) is 0 Å². The highest BCUT2D eigenvalue weighted by atomic mass is 16.4. The molecule has 37 heavy (non-hydrogen) atoms. The first-order valence-corrected chi connectivity index (χ1v) is 17.2. The van der Waals surface area contributed by atoms with Gasteiger partial charge in [-0.25, -0.2) is 0 Å². The van der Waals surface area contributed by atoms with E-state index in [0.29, 0.717) is 6.42 Å². The van der Waals surface area contributed by atoms with Crippen molar-refractivity contribution in [1.29, 1.82) is 0 Å². The Hall–Kier alpha value is -0.570. The summed E-state index contributed by atoms with van der Waals surface area (Å²) < 4.78 is 1.44. The Bertz CT molecular complexity index is 433. The van der Waals surface area contributed by atoms with Gasteiger partial charge in [0.1, 0.15) is 0 Å². The van der Waals surface area contributed by atoms with Crippen molar-refractivity contribution in [2.24, 2.45) is 0 Å². The van der Waals surface area contributed by atoms with Crippen LogP contribution in [0, 0.1) is 0 Å². The molecule has 0 saturated heterocycles. The molecule has 0 rings (SSSR count). The Morgan fingerprint density at radius 3 is 0.919 bits per heavy atom. The average Bonchev–Trinajstić information content (AvgIpc) is 2.89. The first kappa shape index (κ1) is 36.4. The van der Waals surface area contributed by atoms with Crippen LogP contribution in [0.1, 0.15) is 188 Å². The van der Waals surface area contributed by atoms with Crippen molar-refractivity contribution in [3.05, 3.63) is 0 Å². The van der Waals surface area contributed by atoms with E-state index in [2.05, 4.69) is 20.8 Å². The molecule has 0 aliphatic rings. The molecule has 0 aromatic heterocycles. The third kappa shape index (κ3) is 25.5. The molecule has 0 aromatic carbocycles. The fraction of sp³-hybridized carbons (Fsp3) is 0.971. The molecule has 0 amide bonds. The minimum atomic E-state index is -0.648. The van der Waals surface area contributed by atoms with Crippen LogP contribution in [-0.2, 0) is 4.79 Å². The Labute approximate surface area is 234 Å². The molecule has 0 atom stereocenters. The van der Waals surface area contributed by atoms with Crippen LogP contribution in [0.3, 0.4) is 0 Å². The largest absolute Gasteiger partial charge is 0.481 e. The Morgan fingerprint density at radius 2 is 0.649 bits per heavy atom. The number of rotatable bonds is 31. The van der Waals surface area contributed by atoms with Gasteiger partial charge < -0.3 is 9.59 Å². The molecule has 0 aliphatic carbocycles. The summed E-state index contributed by atoms with van der Waals surface area (Å²) in [4.78, 5) is 10.5. The van der Waals surface area contributed by atoms with E-state index in [9.17, 15) is 4.79 Å². The molecule has 1 N–H and O–H groups in total. The van der Waals surface area contributed by atoms with Crippen LogP contribution in [0.15, 0.2) is 0 Å².